The van der Waals surface area contributed by atoms with E-state index >= 15 is 0 Å². The van der Waals surface area contributed by atoms with Crippen LogP contribution in [0.5, 0.6) is 17.2 Å². The third kappa shape index (κ3) is 7.25. The topological polar surface area (TPSA) is 106 Å². The van der Waals surface area contributed by atoms with E-state index in [0.29, 0.717) is 36.3 Å². The molecule has 4 fully saturated rings. The number of benzene rings is 2. The van der Waals surface area contributed by atoms with Crippen LogP contribution in [0, 0.1) is 11.3 Å². The first-order valence-electron chi connectivity index (χ1n) is 20.5. The van der Waals surface area contributed by atoms with Gasteiger partial charge in [-0.15, -0.1) is 11.3 Å². The van der Waals surface area contributed by atoms with Crippen molar-refractivity contribution >= 4 is 33.2 Å². The number of aryl methyl sites for hydroxylation is 1. The van der Waals surface area contributed by atoms with Crippen molar-refractivity contribution < 1.29 is 23.8 Å². The standard InChI is InChI=1S/C45H53N5O6S/c1-28-5-8-38(42(51)46-28)50-25-31-19-32(6-7-34(31)43(50)52)56-33-22-45(23-33)12-16-49(17-13-45)24-29-9-14-48(15-10-29)27-37-39(54-3)20-30(21-40(37)55-4)36-26-47(2)44(53)41-35(36)11-18-57-41/h6-7,11,18-21,26,29,33,38H,1,5,8-10,12-17,22-25,27H2,2-4H3,(H,46,51). The molecule has 2 amide bonds. The molecule has 1 N–H and O–H groups in total. The van der Waals surface area contributed by atoms with Crippen LogP contribution in [0.2, 0.25) is 0 Å². The number of aromatic nitrogens is 1. The minimum atomic E-state index is -0.450. The van der Waals surface area contributed by atoms with Crippen LogP contribution in [0.1, 0.15) is 72.9 Å². The van der Waals surface area contributed by atoms with Crippen LogP contribution in [0.25, 0.3) is 21.2 Å². The maximum absolute atomic E-state index is 13.1. The van der Waals surface area contributed by atoms with Crippen molar-refractivity contribution in [1.82, 2.24) is 24.6 Å². The van der Waals surface area contributed by atoms with Crippen LogP contribution in [-0.2, 0) is 24.9 Å². The Morgan fingerprint density at radius 2 is 1.65 bits per heavy atom. The van der Waals surface area contributed by atoms with Crippen molar-refractivity contribution in [2.45, 2.75) is 76.6 Å². The molecule has 57 heavy (non-hydrogen) atoms. The summed E-state index contributed by atoms with van der Waals surface area (Å²) in [5, 5.41) is 5.74. The maximum Gasteiger partial charge on any atom is 0.268 e. The summed E-state index contributed by atoms with van der Waals surface area (Å²) < 4.78 is 20.8. The number of fused-ring (bicyclic) bond motifs is 2. The Balaban J connectivity index is 0.740. The van der Waals surface area contributed by atoms with Crippen molar-refractivity contribution in [3.8, 4) is 28.4 Å². The van der Waals surface area contributed by atoms with Crippen molar-refractivity contribution in [2.75, 3.05) is 46.9 Å². The third-order valence-electron chi connectivity index (χ3n) is 13.5. The average molecular weight is 792 g/mol. The molecule has 9 rings (SSSR count). The normalized spacial score (nSPS) is 21.8. The van der Waals surface area contributed by atoms with E-state index in [4.69, 9.17) is 14.2 Å². The number of hydrogen-bond acceptors (Lipinski definition) is 9. The molecular weight excluding hydrogens is 739 g/mol. The van der Waals surface area contributed by atoms with Gasteiger partial charge in [0.2, 0.25) is 5.91 Å². The molecule has 1 spiro atoms. The Morgan fingerprint density at radius 3 is 2.35 bits per heavy atom. The first kappa shape index (κ1) is 37.9. The number of carbonyl (C=O) groups is 2. The van der Waals surface area contributed by atoms with E-state index < -0.39 is 6.04 Å². The summed E-state index contributed by atoms with van der Waals surface area (Å²) in [6.07, 6.45) is 10.4. The predicted octanol–water partition coefficient (Wildman–Crippen LogP) is 6.57. The summed E-state index contributed by atoms with van der Waals surface area (Å²) in [5.74, 6) is 2.92. The second-order valence-corrected chi connectivity index (χ2v) is 18.0. The number of allylic oxidation sites excluding steroid dienone is 1. The summed E-state index contributed by atoms with van der Waals surface area (Å²) in [5.41, 5.74) is 5.77. The minimum Gasteiger partial charge on any atom is -0.496 e. The van der Waals surface area contributed by atoms with E-state index in [9.17, 15) is 14.4 Å². The van der Waals surface area contributed by atoms with Crippen LogP contribution in [0.15, 0.2) is 65.0 Å². The molecule has 4 aliphatic heterocycles. The molecule has 300 valence electrons. The number of carbonyl (C=O) groups excluding carboxylic acids is 2. The van der Waals surface area contributed by atoms with Gasteiger partial charge < -0.3 is 33.9 Å². The zero-order valence-electron chi connectivity index (χ0n) is 33.3. The molecule has 1 saturated carbocycles. The summed E-state index contributed by atoms with van der Waals surface area (Å²) in [4.78, 5) is 45.4. The number of hydrogen-bond donors (Lipinski definition) is 1. The van der Waals surface area contributed by atoms with Gasteiger partial charge in [-0.25, -0.2) is 0 Å². The molecule has 11 nitrogen and oxygen atoms in total. The van der Waals surface area contributed by atoms with Crippen LogP contribution in [0.3, 0.4) is 0 Å². The van der Waals surface area contributed by atoms with Gasteiger partial charge in [-0.2, -0.15) is 0 Å². The quantitative estimate of drug-likeness (QED) is 0.193. The fraction of sp³-hybridized carbons (Fsp3) is 0.489. The lowest BCUT2D eigenvalue weighted by Crippen LogP contribution is -2.51. The number of piperidine rings is 3. The highest BCUT2D eigenvalue weighted by atomic mass is 32.1. The fourth-order valence-corrected chi connectivity index (χ4v) is 11.0. The monoisotopic (exact) mass is 791 g/mol. The molecule has 2 aromatic carbocycles. The molecule has 5 aliphatic rings. The van der Waals surface area contributed by atoms with Crippen molar-refractivity contribution in [1.29, 1.82) is 0 Å². The molecule has 6 heterocycles. The van der Waals surface area contributed by atoms with Crippen molar-refractivity contribution in [2.24, 2.45) is 18.4 Å². The second kappa shape index (κ2) is 15.3. The number of ether oxygens (including phenoxy) is 3. The van der Waals surface area contributed by atoms with E-state index in [-0.39, 0.29) is 23.5 Å². The van der Waals surface area contributed by atoms with Crippen molar-refractivity contribution in [3.63, 3.8) is 0 Å². The lowest BCUT2D eigenvalue weighted by atomic mass is 9.61. The Labute approximate surface area is 338 Å². The molecule has 1 unspecified atom stereocenters. The molecule has 4 aromatic rings. The molecular formula is C45H53N5O6S. The van der Waals surface area contributed by atoms with Gasteiger partial charge >= 0.3 is 0 Å². The zero-order valence-corrected chi connectivity index (χ0v) is 34.1. The van der Waals surface area contributed by atoms with Gasteiger partial charge in [0.1, 0.15) is 28.0 Å². The van der Waals surface area contributed by atoms with Gasteiger partial charge in [-0.3, -0.25) is 19.3 Å². The van der Waals surface area contributed by atoms with Crippen LogP contribution in [-0.4, -0.2) is 90.2 Å². The van der Waals surface area contributed by atoms with Gasteiger partial charge in [0.15, 0.2) is 0 Å². The van der Waals surface area contributed by atoms with Crippen molar-refractivity contribution in [3.05, 3.63) is 87.3 Å². The minimum absolute atomic E-state index is 0.0209. The molecule has 12 heteroatoms. The van der Waals surface area contributed by atoms with Gasteiger partial charge in [-0.1, -0.05) is 6.58 Å². The maximum atomic E-state index is 13.1. The van der Waals surface area contributed by atoms with E-state index in [1.54, 1.807) is 30.7 Å². The van der Waals surface area contributed by atoms with E-state index in [1.807, 2.05) is 35.8 Å². The van der Waals surface area contributed by atoms with E-state index in [1.165, 1.54) is 43.6 Å². The lowest BCUT2D eigenvalue weighted by molar-refractivity contribution is -0.126. The first-order valence-corrected chi connectivity index (χ1v) is 21.3. The predicted molar refractivity (Wildman–Crippen MR) is 222 cm³/mol. The molecule has 1 aliphatic carbocycles. The molecule has 2 aromatic heterocycles. The zero-order chi connectivity index (χ0) is 39.4. The molecule has 0 bridgehead atoms. The third-order valence-corrected chi connectivity index (χ3v) is 14.4. The lowest BCUT2D eigenvalue weighted by Gasteiger charge is -2.52. The van der Waals surface area contributed by atoms with Crippen LogP contribution >= 0.6 is 11.3 Å². The van der Waals surface area contributed by atoms with Gasteiger partial charge in [-0.05, 0) is 142 Å². The number of methoxy groups -OCH3 is 2. The summed E-state index contributed by atoms with van der Waals surface area (Å²) in [7, 11) is 5.25. The number of nitrogens with one attached hydrogen (secondary N) is 1. The number of likely N-dealkylation sites (tertiary alicyclic amines) is 2. The highest BCUT2D eigenvalue weighted by Crippen LogP contribution is 2.51. The summed E-state index contributed by atoms with van der Waals surface area (Å²) >= 11 is 1.48. The van der Waals surface area contributed by atoms with Crippen LogP contribution in [0.4, 0.5) is 0 Å². The summed E-state index contributed by atoms with van der Waals surface area (Å²) in [6.45, 7) is 10.7. The Kier molecular flexibility index (Phi) is 10.1. The number of thiophene rings is 1. The summed E-state index contributed by atoms with van der Waals surface area (Å²) in [6, 6.07) is 11.5. The molecule has 0 radical (unpaired) electrons. The molecule has 1 atom stereocenters. The second-order valence-electron chi connectivity index (χ2n) is 17.0. The first-order chi connectivity index (χ1) is 27.6. The number of rotatable bonds is 10. The van der Waals surface area contributed by atoms with Gasteiger partial charge in [0, 0.05) is 55.1 Å². The SMILES string of the molecule is C=C1CCC(N2Cc3cc(OC4CC5(CCN(CC6CCN(Cc7c(OC)cc(-c8cn(C)c(=O)c9sccc89)cc7OC)CC6)CC5)C4)ccc3C2=O)C(=O)N1. The Bertz CT molecular complexity index is 2250. The van der Waals surface area contributed by atoms with Gasteiger partial charge in [0.25, 0.3) is 11.5 Å². The van der Waals surface area contributed by atoms with E-state index in [2.05, 4.69) is 33.8 Å². The van der Waals surface area contributed by atoms with Gasteiger partial charge in [0.05, 0.1) is 25.9 Å². The smallest absolute Gasteiger partial charge is 0.268 e. The highest BCUT2D eigenvalue weighted by Gasteiger charge is 2.47. The Morgan fingerprint density at radius 1 is 0.912 bits per heavy atom. The number of amides is 2. The average Bonchev–Trinajstić information content (AvgIpc) is 3.82. The van der Waals surface area contributed by atoms with E-state index in [0.717, 1.165) is 101 Å². The van der Waals surface area contributed by atoms with Crippen LogP contribution < -0.4 is 25.1 Å². The highest BCUT2D eigenvalue weighted by molar-refractivity contribution is 7.17. The molecule has 3 saturated heterocycles. The Hall–Kier alpha value is -4.65. The largest absolute Gasteiger partial charge is 0.496 e. The number of nitrogens with zero attached hydrogens (tertiary/aromatic N) is 4. The fourth-order valence-electron chi connectivity index (χ4n) is 10.1. The number of pyridine rings is 1.